The van der Waals surface area contributed by atoms with Crippen LogP contribution in [-0.2, 0) is 0 Å². The molecule has 8 aromatic rings. The van der Waals surface area contributed by atoms with Gasteiger partial charge in [-0.05, 0) is 123 Å². The summed E-state index contributed by atoms with van der Waals surface area (Å²) in [6.45, 7) is 75.3. The normalized spacial score (nSPS) is 9.54. The molecule has 9 heterocycles. The molecule has 0 aromatic carbocycles. The van der Waals surface area contributed by atoms with Crippen LogP contribution in [0.2, 0.25) is 0 Å². The van der Waals surface area contributed by atoms with E-state index in [1.54, 1.807) is 55.2 Å². The molecule has 16 heteroatoms. The Bertz CT molecular complexity index is 1910. The van der Waals surface area contributed by atoms with E-state index in [0.29, 0.717) is 53.3 Å². The van der Waals surface area contributed by atoms with E-state index < -0.39 is 0 Å². The quantitative estimate of drug-likeness (QED) is 0.146. The van der Waals surface area contributed by atoms with Crippen LogP contribution in [0, 0.1) is 5.92 Å². The lowest BCUT2D eigenvalue weighted by molar-refractivity contribution is 0.371. The van der Waals surface area contributed by atoms with Crippen LogP contribution in [0.15, 0.2) is 138 Å². The lowest BCUT2D eigenvalue weighted by Gasteiger charge is -1.98. The van der Waals surface area contributed by atoms with Gasteiger partial charge in [-0.3, -0.25) is 10.1 Å². The summed E-state index contributed by atoms with van der Waals surface area (Å²) in [4.78, 5) is 5.43. The van der Waals surface area contributed by atoms with Crippen LogP contribution < -0.4 is 0 Å². The molecule has 13 nitrogen and oxygen atoms in total. The van der Waals surface area contributed by atoms with E-state index in [1.165, 1.54) is 56.0 Å². The Kier molecular flexibility index (Phi) is 91.2. The second-order valence-corrected chi connectivity index (χ2v) is 21.4. The lowest BCUT2D eigenvalue weighted by atomic mass is 10.1. The highest BCUT2D eigenvalue weighted by Crippen LogP contribution is 2.18. The van der Waals surface area contributed by atoms with Crippen molar-refractivity contribution in [2.45, 2.75) is 297 Å². The Morgan fingerprint density at radius 2 is 1.01 bits per heavy atom. The van der Waals surface area contributed by atoms with E-state index in [2.05, 4.69) is 201 Å². The van der Waals surface area contributed by atoms with Crippen LogP contribution in [-0.4, -0.2) is 51.5 Å². The summed E-state index contributed by atoms with van der Waals surface area (Å²) in [7, 11) is 0. The smallest absolute Gasteiger partial charge is 0.139 e. The van der Waals surface area contributed by atoms with Crippen LogP contribution in [0.4, 0.5) is 0 Å². The molecule has 1 N–H and O–H groups in total. The van der Waals surface area contributed by atoms with Crippen molar-refractivity contribution in [2.24, 2.45) is 10.9 Å². The van der Waals surface area contributed by atoms with Gasteiger partial charge in [0.05, 0.1) is 42.9 Å². The number of allylic oxidation sites excluding steroid dienone is 1. The number of aromatic nitrogens is 8. The van der Waals surface area contributed by atoms with E-state index in [9.17, 15) is 0 Å². The third kappa shape index (κ3) is 62.6. The van der Waals surface area contributed by atoms with Gasteiger partial charge < -0.3 is 18.0 Å². The summed E-state index contributed by atoms with van der Waals surface area (Å²) in [5.74, 6) is 6.09. The molecule has 522 valence electrons. The van der Waals surface area contributed by atoms with Crippen molar-refractivity contribution in [1.29, 1.82) is 0 Å². The first-order chi connectivity index (χ1) is 43.2. The highest BCUT2D eigenvalue weighted by atomic mass is 32.1. The first kappa shape index (κ1) is 103. The molecule has 8 aromatic heterocycles. The highest BCUT2D eigenvalue weighted by Gasteiger charge is 2.04. The fourth-order valence-corrected chi connectivity index (χ4v) is 6.96. The molecule has 0 saturated carbocycles. The molecule has 0 saturated heterocycles. The summed E-state index contributed by atoms with van der Waals surface area (Å²) in [5.41, 5.74) is 8.57. The van der Waals surface area contributed by atoms with Crippen LogP contribution >= 0.6 is 34.6 Å². The highest BCUT2D eigenvalue weighted by molar-refractivity contribution is 7.05. The minimum absolute atomic E-state index is 0.456. The first-order valence-corrected chi connectivity index (χ1v) is 36.3. The average molecular weight is 1320 g/mol. The second kappa shape index (κ2) is 79.5. The molecule has 90 heavy (non-hydrogen) atoms. The van der Waals surface area contributed by atoms with E-state index in [1.807, 2.05) is 173 Å². The molecule has 0 fully saturated rings. The molecule has 9 rings (SSSR count). The third-order valence-corrected chi connectivity index (χ3v) is 12.3. The fraction of sp³-hybridized carbons (Fsp3) is 0.622. The molecule has 0 aliphatic carbocycles. The van der Waals surface area contributed by atoms with E-state index >= 15 is 0 Å². The van der Waals surface area contributed by atoms with Gasteiger partial charge >= 0.3 is 0 Å². The molecular formula is C74H139N9O4S3. The Balaban J connectivity index is -0.000000113. The number of aliphatic imine (C=N–C) groups is 1. The second-order valence-electron chi connectivity index (χ2n) is 19.3. The van der Waals surface area contributed by atoms with Crippen molar-refractivity contribution < 1.29 is 18.0 Å². The molecule has 0 unspecified atom stereocenters. The van der Waals surface area contributed by atoms with Gasteiger partial charge in [-0.25, -0.2) is 8.75 Å². The van der Waals surface area contributed by atoms with Crippen molar-refractivity contribution in [3.05, 3.63) is 159 Å². The van der Waals surface area contributed by atoms with E-state index in [0.717, 1.165) is 23.6 Å². The van der Waals surface area contributed by atoms with Gasteiger partial charge in [-0.2, -0.15) is 9.47 Å². The molecular weight excluding hydrogens is 1180 g/mol. The molecule has 0 bridgehead atoms. The zero-order valence-electron chi connectivity index (χ0n) is 64.3. The average Bonchev–Trinajstić information content (AvgIpc) is 4.50. The topological polar surface area (TPSA) is 171 Å². The summed E-state index contributed by atoms with van der Waals surface area (Å²) >= 11 is 4.62. The molecule has 0 amide bonds. The Labute approximate surface area is 567 Å². The van der Waals surface area contributed by atoms with Crippen molar-refractivity contribution >= 4 is 40.8 Å². The zero-order chi connectivity index (χ0) is 71.8. The summed E-state index contributed by atoms with van der Waals surface area (Å²) in [5, 5.41) is 21.7. The van der Waals surface area contributed by atoms with E-state index in [4.69, 9.17) is 8.94 Å². The number of furan rings is 1. The Morgan fingerprint density at radius 3 is 1.21 bits per heavy atom. The summed E-state index contributed by atoms with van der Waals surface area (Å²) in [6.07, 6.45) is 19.8. The van der Waals surface area contributed by atoms with Gasteiger partial charge in [0.25, 0.3) is 0 Å². The minimum atomic E-state index is 0.456. The Morgan fingerprint density at radius 1 is 0.444 bits per heavy atom. The molecule has 0 radical (unpaired) electrons. The predicted octanol–water partition coefficient (Wildman–Crippen LogP) is 27.0. The predicted molar refractivity (Wildman–Crippen MR) is 404 cm³/mol. The number of nitrogens with zero attached hydrogens (tertiary/aromatic N) is 8. The zero-order valence-corrected chi connectivity index (χ0v) is 66.8. The SMILES string of the molecule is CC.CC.CC.CC.CC.CC.CC.CC.CC.CC(C)C1=CCN=C1.CC(C)c1ccn[nH]1.CC(C)c1ccno1.CC(C)c1ccns1.CC(C)c1ccoc1.CC(C)c1ccon1.CC(C)c1ccsn1.CC(C)c1cnoc1.CC(C)c1cnsc1. The maximum Gasteiger partial charge on any atom is 0.139 e. The maximum absolute atomic E-state index is 4.88. The number of hydrogen-bond acceptors (Lipinski definition) is 15. The van der Waals surface area contributed by atoms with Crippen LogP contribution in [0.1, 0.15) is 341 Å². The molecule has 1 aliphatic rings. The Hall–Kier alpha value is -5.58. The number of H-pyrrole nitrogens is 1. The monoisotopic (exact) mass is 1310 g/mol. The van der Waals surface area contributed by atoms with Crippen molar-refractivity contribution in [2.75, 3.05) is 6.54 Å². The van der Waals surface area contributed by atoms with Crippen LogP contribution in [0.3, 0.4) is 0 Å². The van der Waals surface area contributed by atoms with Gasteiger partial charge in [0.1, 0.15) is 18.3 Å². The van der Waals surface area contributed by atoms with Gasteiger partial charge in [0.15, 0.2) is 0 Å². The standard InChI is InChI=1S/C7H11N.C7H10O.C6H10N2.3C6H9NO.3C6H9NS.9C2H6/c2*1-6(2)7-3-4-8-5-7;1-5(2)6-3-4-7-8-6;1-5(2)6-3-7-8-4-6;1-5(2)6-3-4-8-7-6;1-5(2)6-3-4-7-8-6;1-5(2)6-3-7-8-4-6;1-5(2)6-3-4-8-7-6;1-5(2)6-3-4-7-8-6;9*1-2/h3,5-6H,4H2,1-2H3;3-6H,1-2H3;3-5H,1-2H3,(H,7,8);6*3-5H,1-2H3;9*1-2H3. The summed E-state index contributed by atoms with van der Waals surface area (Å²) in [6, 6.07) is 11.9. The first-order valence-electron chi connectivity index (χ1n) is 33.9. The molecule has 1 aliphatic heterocycles. The minimum Gasteiger partial charge on any atom is -0.472 e. The molecule has 0 spiro atoms. The van der Waals surface area contributed by atoms with E-state index in [-0.39, 0.29) is 0 Å². The third-order valence-electron chi connectivity index (χ3n) is 10.1. The lowest BCUT2D eigenvalue weighted by Crippen LogP contribution is -1.90. The largest absolute Gasteiger partial charge is 0.472 e. The molecule has 0 atom stereocenters. The summed E-state index contributed by atoms with van der Waals surface area (Å²) < 4.78 is 31.1. The maximum atomic E-state index is 4.88. The number of hydrogen-bond donors (Lipinski definition) is 1. The van der Waals surface area contributed by atoms with Gasteiger partial charge in [0, 0.05) is 69.8 Å². The number of rotatable bonds is 9. The van der Waals surface area contributed by atoms with Gasteiger partial charge in [0.2, 0.25) is 0 Å². The van der Waals surface area contributed by atoms with Crippen LogP contribution in [0.25, 0.3) is 0 Å². The van der Waals surface area contributed by atoms with Crippen molar-refractivity contribution in [3.8, 4) is 0 Å². The van der Waals surface area contributed by atoms with Gasteiger partial charge in [-0.15, -0.1) is 0 Å². The number of aromatic amines is 1. The number of nitrogens with one attached hydrogen (secondary N) is 1. The van der Waals surface area contributed by atoms with Crippen molar-refractivity contribution in [1.82, 2.24) is 38.8 Å². The fourth-order valence-electron chi connectivity index (χ4n) is 5.03. The van der Waals surface area contributed by atoms with Crippen LogP contribution in [0.5, 0.6) is 0 Å². The van der Waals surface area contributed by atoms with Crippen molar-refractivity contribution in [3.63, 3.8) is 0 Å². The van der Waals surface area contributed by atoms with Gasteiger partial charge in [-0.1, -0.05) is 271 Å².